The summed E-state index contributed by atoms with van der Waals surface area (Å²) in [5.74, 6) is 2.44. The van der Waals surface area contributed by atoms with Gasteiger partial charge in [0.2, 0.25) is 0 Å². The lowest BCUT2D eigenvalue weighted by molar-refractivity contribution is 0.353. The fraction of sp³-hybridized carbons (Fsp3) is 0.381. The zero-order valence-corrected chi connectivity index (χ0v) is 17.4. The number of sulfone groups is 1. The number of benzene rings is 2. The lowest BCUT2D eigenvalue weighted by Gasteiger charge is -2.39. The van der Waals surface area contributed by atoms with Crippen molar-refractivity contribution in [1.82, 2.24) is 10.2 Å². The Kier molecular flexibility index (Phi) is 5.93. The van der Waals surface area contributed by atoms with Crippen molar-refractivity contribution in [1.29, 1.82) is 0 Å². The van der Waals surface area contributed by atoms with Gasteiger partial charge in [0, 0.05) is 26.7 Å². The Bertz CT molecular complexity index is 923. The Morgan fingerprint density at radius 3 is 2.36 bits per heavy atom. The second-order valence-electron chi connectivity index (χ2n) is 7.46. The normalized spacial score (nSPS) is 18.5. The van der Waals surface area contributed by atoms with Crippen molar-refractivity contribution in [2.75, 3.05) is 25.9 Å². The summed E-state index contributed by atoms with van der Waals surface area (Å²) >= 11 is 0. The van der Waals surface area contributed by atoms with E-state index in [9.17, 15) is 8.42 Å². The average Bonchev–Trinajstić information content (AvgIpc) is 2.67. The monoisotopic (exact) mass is 401 g/mol. The van der Waals surface area contributed by atoms with Crippen LogP contribution in [0.5, 0.6) is 11.5 Å². The lowest BCUT2D eigenvalue weighted by atomic mass is 10.2. The zero-order chi connectivity index (χ0) is 20.2. The van der Waals surface area contributed by atoms with Gasteiger partial charge in [-0.3, -0.25) is 4.99 Å². The maximum absolute atomic E-state index is 12.2. The van der Waals surface area contributed by atoms with Crippen LogP contribution in [0.3, 0.4) is 0 Å². The molecule has 28 heavy (non-hydrogen) atoms. The summed E-state index contributed by atoms with van der Waals surface area (Å²) in [7, 11) is -1.35. The van der Waals surface area contributed by atoms with E-state index in [1.54, 1.807) is 20.9 Å². The van der Waals surface area contributed by atoms with Crippen molar-refractivity contribution in [3.8, 4) is 11.5 Å². The summed E-state index contributed by atoms with van der Waals surface area (Å²) in [6.45, 7) is 5.02. The van der Waals surface area contributed by atoms with Crippen LogP contribution in [0, 0.1) is 0 Å². The molecular weight excluding hydrogens is 374 g/mol. The highest BCUT2D eigenvalue weighted by Crippen LogP contribution is 2.24. The summed E-state index contributed by atoms with van der Waals surface area (Å²) in [6, 6.07) is 17.5. The second kappa shape index (κ2) is 8.22. The number of hydrogen-bond acceptors (Lipinski definition) is 4. The van der Waals surface area contributed by atoms with Crippen LogP contribution in [0.4, 0.5) is 0 Å². The van der Waals surface area contributed by atoms with Crippen LogP contribution < -0.4 is 10.1 Å². The van der Waals surface area contributed by atoms with Crippen molar-refractivity contribution in [3.63, 3.8) is 0 Å². The van der Waals surface area contributed by atoms with Crippen molar-refractivity contribution in [2.45, 2.75) is 25.1 Å². The Balaban J connectivity index is 1.58. The van der Waals surface area contributed by atoms with E-state index in [0.29, 0.717) is 25.6 Å². The summed E-state index contributed by atoms with van der Waals surface area (Å²) < 4.78 is 29.4. The maximum Gasteiger partial charge on any atom is 0.193 e. The first kappa shape index (κ1) is 20.2. The fourth-order valence-electron chi connectivity index (χ4n) is 3.14. The van der Waals surface area contributed by atoms with Gasteiger partial charge < -0.3 is 15.0 Å². The van der Waals surface area contributed by atoms with E-state index in [1.807, 2.05) is 59.5 Å². The molecule has 6 nitrogen and oxygen atoms in total. The molecule has 7 heteroatoms. The van der Waals surface area contributed by atoms with Crippen LogP contribution in [-0.2, 0) is 16.4 Å². The molecule has 1 aliphatic heterocycles. The van der Waals surface area contributed by atoms with E-state index in [-0.39, 0.29) is 5.75 Å². The molecule has 0 radical (unpaired) electrons. The first-order valence-electron chi connectivity index (χ1n) is 9.30. The molecule has 1 aliphatic rings. The van der Waals surface area contributed by atoms with Gasteiger partial charge in [-0.25, -0.2) is 8.42 Å². The molecule has 1 heterocycles. The third-order valence-electron chi connectivity index (χ3n) is 4.91. The molecule has 3 rings (SSSR count). The molecule has 0 unspecified atom stereocenters. The van der Waals surface area contributed by atoms with Gasteiger partial charge in [-0.05, 0) is 43.7 Å². The predicted octanol–water partition coefficient (Wildman–Crippen LogP) is 3.06. The molecule has 0 aliphatic carbocycles. The molecule has 0 amide bonds. The topological polar surface area (TPSA) is 71.0 Å². The van der Waals surface area contributed by atoms with Crippen molar-refractivity contribution < 1.29 is 13.2 Å². The Hall–Kier alpha value is -2.54. The van der Waals surface area contributed by atoms with Gasteiger partial charge in [-0.15, -0.1) is 0 Å². The molecule has 1 fully saturated rings. The van der Waals surface area contributed by atoms with Gasteiger partial charge in [-0.1, -0.05) is 30.3 Å². The number of hydrogen-bond donors (Lipinski definition) is 1. The number of para-hydroxylation sites is 1. The van der Waals surface area contributed by atoms with Crippen molar-refractivity contribution >= 4 is 15.8 Å². The molecule has 0 atom stereocenters. The highest BCUT2D eigenvalue weighted by molar-refractivity contribution is 7.92. The highest BCUT2D eigenvalue weighted by atomic mass is 32.2. The van der Waals surface area contributed by atoms with E-state index in [0.717, 1.165) is 17.1 Å². The van der Waals surface area contributed by atoms with Gasteiger partial charge in [0.15, 0.2) is 15.8 Å². The predicted molar refractivity (Wildman–Crippen MR) is 113 cm³/mol. The molecule has 2 aromatic carbocycles. The molecule has 0 spiro atoms. The molecule has 0 saturated carbocycles. The van der Waals surface area contributed by atoms with E-state index in [4.69, 9.17) is 4.74 Å². The quantitative estimate of drug-likeness (QED) is 0.630. The van der Waals surface area contributed by atoms with Crippen LogP contribution in [0.1, 0.15) is 19.4 Å². The molecular formula is C21H27N3O3S. The number of nitrogens with zero attached hydrogens (tertiary/aromatic N) is 2. The minimum absolute atomic E-state index is 0.145. The maximum atomic E-state index is 12.2. The van der Waals surface area contributed by atoms with E-state index in [2.05, 4.69) is 10.3 Å². The minimum Gasteiger partial charge on any atom is -0.457 e. The zero-order valence-electron chi connectivity index (χ0n) is 16.6. The second-order valence-corrected chi connectivity index (χ2v) is 10.2. The van der Waals surface area contributed by atoms with Gasteiger partial charge in [-0.2, -0.15) is 0 Å². The third kappa shape index (κ3) is 4.65. The van der Waals surface area contributed by atoms with Crippen LogP contribution >= 0.6 is 0 Å². The number of rotatable bonds is 4. The molecule has 0 bridgehead atoms. The Labute approximate surface area is 167 Å². The molecule has 150 valence electrons. The first-order chi connectivity index (χ1) is 13.3. The van der Waals surface area contributed by atoms with Crippen LogP contribution in [-0.4, -0.2) is 49.9 Å². The minimum atomic E-state index is -3.07. The number of aliphatic imine (C=N–C) groups is 1. The van der Waals surface area contributed by atoms with Crippen LogP contribution in [0.25, 0.3) is 0 Å². The summed E-state index contributed by atoms with van der Waals surface area (Å²) in [5.41, 5.74) is 1.09. The van der Waals surface area contributed by atoms with Gasteiger partial charge in [0.25, 0.3) is 0 Å². The first-order valence-corrected chi connectivity index (χ1v) is 11.0. The molecule has 0 aromatic heterocycles. The molecule has 1 N–H and O–H groups in total. The Morgan fingerprint density at radius 2 is 1.75 bits per heavy atom. The summed E-state index contributed by atoms with van der Waals surface area (Å²) in [5, 5.41) is 3.33. The van der Waals surface area contributed by atoms with Gasteiger partial charge in [0.1, 0.15) is 11.5 Å². The van der Waals surface area contributed by atoms with Gasteiger partial charge in [0.05, 0.1) is 10.5 Å². The summed E-state index contributed by atoms with van der Waals surface area (Å²) in [6.07, 6.45) is 0. The van der Waals surface area contributed by atoms with E-state index < -0.39 is 14.6 Å². The number of guanidine groups is 1. The standard InChI is InChI=1S/C21H27N3O3S/c1-21(2)16-24(13-14-28(21,25)26)20(22-3)23-15-17-9-11-19(12-10-17)27-18-7-5-4-6-8-18/h4-12H,13-16H2,1-3H3,(H,22,23). The average molecular weight is 402 g/mol. The van der Waals surface area contributed by atoms with Crippen molar-refractivity contribution in [2.24, 2.45) is 4.99 Å². The van der Waals surface area contributed by atoms with Gasteiger partial charge >= 0.3 is 0 Å². The van der Waals surface area contributed by atoms with E-state index >= 15 is 0 Å². The molecule has 2 aromatic rings. The van der Waals surface area contributed by atoms with Crippen LogP contribution in [0.2, 0.25) is 0 Å². The van der Waals surface area contributed by atoms with Crippen molar-refractivity contribution in [3.05, 3.63) is 60.2 Å². The fourth-order valence-corrected chi connectivity index (χ4v) is 4.50. The highest BCUT2D eigenvalue weighted by Gasteiger charge is 2.40. The summed E-state index contributed by atoms with van der Waals surface area (Å²) in [4.78, 5) is 6.33. The van der Waals surface area contributed by atoms with E-state index in [1.165, 1.54) is 0 Å². The lowest BCUT2D eigenvalue weighted by Crippen LogP contribution is -2.57. The Morgan fingerprint density at radius 1 is 1.11 bits per heavy atom. The number of nitrogens with one attached hydrogen (secondary N) is 1. The molecule has 1 saturated heterocycles. The smallest absolute Gasteiger partial charge is 0.193 e. The van der Waals surface area contributed by atoms with Crippen LogP contribution in [0.15, 0.2) is 59.6 Å². The number of ether oxygens (including phenoxy) is 1. The third-order valence-corrected chi connectivity index (χ3v) is 7.44. The SMILES string of the molecule is CN=C(NCc1ccc(Oc2ccccc2)cc1)N1CCS(=O)(=O)C(C)(C)C1. The largest absolute Gasteiger partial charge is 0.457 e.